The molecule has 38 heavy (non-hydrogen) atoms. The van der Waals surface area contributed by atoms with Crippen molar-refractivity contribution < 1.29 is 0 Å². The first-order valence-corrected chi connectivity index (χ1v) is 13.7. The molecule has 3 aromatic carbocycles. The largest absolute Gasteiger partial charge is 0.337 e. The lowest BCUT2D eigenvalue weighted by molar-refractivity contribution is 0.830. The van der Waals surface area contributed by atoms with Gasteiger partial charge in [0, 0.05) is 16.1 Å². The molecule has 6 nitrogen and oxygen atoms in total. The zero-order valence-electron chi connectivity index (χ0n) is 21.2. The minimum atomic E-state index is -0.0779. The molecule has 0 saturated heterocycles. The number of nitrogens with one attached hydrogen (secondary N) is 1. The first-order chi connectivity index (χ1) is 18.7. The molecule has 0 saturated carbocycles. The van der Waals surface area contributed by atoms with Gasteiger partial charge < -0.3 is 10.2 Å². The second kappa shape index (κ2) is 9.11. The van der Waals surface area contributed by atoms with Crippen LogP contribution in [0.1, 0.15) is 34.7 Å². The summed E-state index contributed by atoms with van der Waals surface area (Å²) in [4.78, 5) is 13.9. The standard InChI is InChI=1S/C31H26N6S/c1-3-21-15-17-22(18-16-21)32-29-31-34-30-27(20(2)35-37(30)23-10-5-4-6-11-23)28(26-14-9-19-38-26)36(31)25-13-8-7-12-24(25)33-29/h4-19,28H,3H2,1-2H3,(H,32,33). The number of fused-ring (bicyclic) bond motifs is 4. The van der Waals surface area contributed by atoms with Crippen molar-refractivity contribution in [3.8, 4) is 5.69 Å². The summed E-state index contributed by atoms with van der Waals surface area (Å²) in [6.07, 6.45) is 1.00. The van der Waals surface area contributed by atoms with E-state index < -0.39 is 0 Å². The maximum absolute atomic E-state index is 5.29. The molecule has 4 heterocycles. The second-order valence-electron chi connectivity index (χ2n) is 9.42. The normalized spacial score (nSPS) is 15.7. The van der Waals surface area contributed by atoms with Crippen LogP contribution in [-0.4, -0.2) is 21.5 Å². The predicted octanol–water partition coefficient (Wildman–Crippen LogP) is 7.60. The highest BCUT2D eigenvalue weighted by Crippen LogP contribution is 2.49. The highest BCUT2D eigenvalue weighted by molar-refractivity contribution is 7.10. The average molecular weight is 515 g/mol. The fraction of sp³-hybridized carbons (Fsp3) is 0.129. The lowest BCUT2D eigenvalue weighted by Gasteiger charge is -2.40. The van der Waals surface area contributed by atoms with Crippen LogP contribution in [0.15, 0.2) is 106 Å². The molecule has 5 aromatic rings. The number of amidine groups is 2. The highest BCUT2D eigenvalue weighted by Gasteiger charge is 2.41. The molecule has 1 N–H and O–H groups in total. The van der Waals surface area contributed by atoms with Gasteiger partial charge in [-0.3, -0.25) is 0 Å². The number of thiophene rings is 1. The van der Waals surface area contributed by atoms with E-state index in [1.54, 1.807) is 11.3 Å². The molecule has 2 aliphatic rings. The van der Waals surface area contributed by atoms with E-state index in [2.05, 4.69) is 96.2 Å². The van der Waals surface area contributed by atoms with Gasteiger partial charge in [0.25, 0.3) is 0 Å². The Hall–Kier alpha value is -4.49. The molecule has 0 aliphatic carbocycles. The number of hydrogen-bond acceptors (Lipinski definition) is 6. The van der Waals surface area contributed by atoms with Crippen molar-refractivity contribution in [1.82, 2.24) is 9.78 Å². The van der Waals surface area contributed by atoms with Crippen molar-refractivity contribution in [2.75, 3.05) is 10.2 Å². The molecule has 0 spiro atoms. The van der Waals surface area contributed by atoms with Gasteiger partial charge in [0.1, 0.15) is 6.04 Å². The number of hydrogen-bond donors (Lipinski definition) is 1. The molecule has 1 atom stereocenters. The number of aryl methyl sites for hydroxylation is 2. The topological polar surface area (TPSA) is 57.8 Å². The van der Waals surface area contributed by atoms with Gasteiger partial charge in [-0.05, 0) is 66.8 Å². The first kappa shape index (κ1) is 22.7. The third-order valence-electron chi connectivity index (χ3n) is 7.08. The lowest BCUT2D eigenvalue weighted by atomic mass is 9.98. The number of aromatic nitrogens is 2. The van der Waals surface area contributed by atoms with E-state index in [-0.39, 0.29) is 6.04 Å². The molecule has 0 fully saturated rings. The van der Waals surface area contributed by atoms with Crippen LogP contribution >= 0.6 is 11.3 Å². The summed E-state index contributed by atoms with van der Waals surface area (Å²) in [5.74, 6) is 2.35. The fourth-order valence-electron chi connectivity index (χ4n) is 5.22. The number of anilines is 2. The summed E-state index contributed by atoms with van der Waals surface area (Å²) in [7, 11) is 0. The Kier molecular flexibility index (Phi) is 5.44. The van der Waals surface area contributed by atoms with Gasteiger partial charge in [-0.2, -0.15) is 5.10 Å². The second-order valence-corrected chi connectivity index (χ2v) is 10.4. The summed E-state index contributed by atoms with van der Waals surface area (Å²) in [6, 6.07) is 31.3. The van der Waals surface area contributed by atoms with Crippen molar-refractivity contribution >= 4 is 45.9 Å². The number of para-hydroxylation sites is 3. The van der Waals surface area contributed by atoms with Crippen LogP contribution in [0.5, 0.6) is 0 Å². The Morgan fingerprint density at radius 1 is 0.868 bits per heavy atom. The highest BCUT2D eigenvalue weighted by atomic mass is 32.1. The van der Waals surface area contributed by atoms with Crippen LogP contribution in [0.3, 0.4) is 0 Å². The van der Waals surface area contributed by atoms with Crippen LogP contribution in [0.2, 0.25) is 0 Å². The van der Waals surface area contributed by atoms with E-state index in [0.29, 0.717) is 0 Å². The number of aliphatic imine (C=N–C) groups is 2. The monoisotopic (exact) mass is 514 g/mol. The summed E-state index contributed by atoms with van der Waals surface area (Å²) in [5.41, 5.74) is 7.30. The minimum Gasteiger partial charge on any atom is -0.337 e. The summed E-state index contributed by atoms with van der Waals surface area (Å²) in [6.45, 7) is 4.25. The van der Waals surface area contributed by atoms with Gasteiger partial charge in [0.05, 0.1) is 22.8 Å². The van der Waals surface area contributed by atoms with E-state index in [4.69, 9.17) is 15.1 Å². The maximum atomic E-state index is 5.29. The molecule has 0 bridgehead atoms. The number of rotatable bonds is 4. The maximum Gasteiger partial charge on any atom is 0.179 e. The minimum absolute atomic E-state index is 0.0779. The molecule has 2 aliphatic heterocycles. The molecule has 0 radical (unpaired) electrons. The summed E-state index contributed by atoms with van der Waals surface area (Å²) in [5, 5.41) is 10.7. The van der Waals surface area contributed by atoms with Crippen molar-refractivity contribution in [2.45, 2.75) is 26.3 Å². The zero-order chi connectivity index (χ0) is 25.6. The van der Waals surface area contributed by atoms with Crippen LogP contribution in [0.4, 0.5) is 22.9 Å². The average Bonchev–Trinajstić information content (AvgIpc) is 3.61. The summed E-state index contributed by atoms with van der Waals surface area (Å²) >= 11 is 1.75. The van der Waals surface area contributed by atoms with E-state index in [9.17, 15) is 0 Å². The van der Waals surface area contributed by atoms with Crippen molar-refractivity contribution in [3.05, 3.63) is 118 Å². The van der Waals surface area contributed by atoms with Crippen molar-refractivity contribution in [2.24, 2.45) is 9.98 Å². The SMILES string of the molecule is CCc1ccc(NC2=Nc3ccccc3N3C2=Nc2c(c(C)nn2-c2ccccc2)C3c2cccs2)cc1. The molecule has 186 valence electrons. The third kappa shape index (κ3) is 3.66. The Morgan fingerprint density at radius 3 is 2.42 bits per heavy atom. The van der Waals surface area contributed by atoms with Gasteiger partial charge in [-0.1, -0.05) is 55.5 Å². The van der Waals surface area contributed by atoms with Gasteiger partial charge in [-0.25, -0.2) is 14.7 Å². The van der Waals surface area contributed by atoms with Gasteiger partial charge in [0.2, 0.25) is 0 Å². The zero-order valence-corrected chi connectivity index (χ0v) is 22.0. The van der Waals surface area contributed by atoms with Gasteiger partial charge in [0.15, 0.2) is 17.5 Å². The Bertz CT molecular complexity index is 1680. The van der Waals surface area contributed by atoms with Crippen LogP contribution < -0.4 is 10.2 Å². The molecule has 7 heteroatoms. The van der Waals surface area contributed by atoms with E-state index >= 15 is 0 Å². The number of benzene rings is 3. The summed E-state index contributed by atoms with van der Waals surface area (Å²) < 4.78 is 1.96. The van der Waals surface area contributed by atoms with Crippen molar-refractivity contribution in [3.63, 3.8) is 0 Å². The molecular weight excluding hydrogens is 488 g/mol. The number of nitrogens with zero attached hydrogens (tertiary/aromatic N) is 5. The van der Waals surface area contributed by atoms with Gasteiger partial charge >= 0.3 is 0 Å². The quantitative estimate of drug-likeness (QED) is 0.269. The molecule has 7 rings (SSSR count). The third-order valence-corrected chi connectivity index (χ3v) is 8.00. The Balaban J connectivity index is 1.46. The van der Waals surface area contributed by atoms with Gasteiger partial charge in [-0.15, -0.1) is 11.3 Å². The van der Waals surface area contributed by atoms with Crippen LogP contribution in [-0.2, 0) is 6.42 Å². The van der Waals surface area contributed by atoms with Crippen LogP contribution in [0, 0.1) is 6.92 Å². The fourth-order valence-corrected chi connectivity index (χ4v) is 6.05. The Morgan fingerprint density at radius 2 is 1.66 bits per heavy atom. The molecular formula is C31H26N6S. The molecule has 0 amide bonds. The van der Waals surface area contributed by atoms with Crippen LogP contribution in [0.25, 0.3) is 5.69 Å². The van der Waals surface area contributed by atoms with E-state index in [0.717, 1.165) is 57.9 Å². The first-order valence-electron chi connectivity index (χ1n) is 12.8. The van der Waals surface area contributed by atoms with E-state index in [1.165, 1.54) is 10.4 Å². The predicted molar refractivity (Wildman–Crippen MR) is 157 cm³/mol. The van der Waals surface area contributed by atoms with Crippen molar-refractivity contribution in [1.29, 1.82) is 0 Å². The Labute approximate surface area is 225 Å². The smallest absolute Gasteiger partial charge is 0.179 e. The van der Waals surface area contributed by atoms with E-state index in [1.807, 2.05) is 28.9 Å². The molecule has 2 aromatic heterocycles. The lowest BCUT2D eigenvalue weighted by Crippen LogP contribution is -2.46. The molecule has 1 unspecified atom stereocenters.